The highest BCUT2D eigenvalue weighted by molar-refractivity contribution is 5.78. The molecule has 0 aliphatic rings. The van der Waals surface area contributed by atoms with E-state index in [1.54, 1.807) is 0 Å². The van der Waals surface area contributed by atoms with Crippen LogP contribution < -0.4 is 9.47 Å². The molecule has 268 valence electrons. The van der Waals surface area contributed by atoms with Gasteiger partial charge in [-0.2, -0.15) is 43.9 Å². The number of halogens is 18. The fourth-order valence-electron chi connectivity index (χ4n) is 4.37. The lowest BCUT2D eigenvalue weighted by molar-refractivity contribution is -0.190. The summed E-state index contributed by atoms with van der Waals surface area (Å²) in [6.07, 6.45) is -21.6. The van der Waals surface area contributed by atoms with E-state index >= 15 is 0 Å². The van der Waals surface area contributed by atoms with Gasteiger partial charge in [0.25, 0.3) is 0 Å². The second-order valence-corrected chi connectivity index (χ2v) is 9.87. The lowest BCUT2D eigenvalue weighted by Crippen LogP contribution is -2.26. The van der Waals surface area contributed by atoms with Crippen LogP contribution in [0.2, 0.25) is 0 Å². The van der Waals surface area contributed by atoms with Gasteiger partial charge in [-0.15, -0.1) is 0 Å². The third-order valence-electron chi connectivity index (χ3n) is 6.45. The summed E-state index contributed by atoms with van der Waals surface area (Å²) in [5.41, 5.74) is -12.2. The zero-order valence-electron chi connectivity index (χ0n) is 23.4. The van der Waals surface area contributed by atoms with Crippen molar-refractivity contribution in [2.24, 2.45) is 0 Å². The first-order valence-corrected chi connectivity index (χ1v) is 12.7. The molecule has 4 aromatic rings. The minimum atomic E-state index is -5.61. The summed E-state index contributed by atoms with van der Waals surface area (Å²) in [6, 6.07) is -1.24. The van der Waals surface area contributed by atoms with Crippen LogP contribution in [0.5, 0.6) is 11.5 Å². The quantitative estimate of drug-likeness (QED) is 0.167. The number of alkyl halides is 10. The first-order valence-electron chi connectivity index (χ1n) is 12.7. The molecule has 0 heterocycles. The van der Waals surface area contributed by atoms with Crippen molar-refractivity contribution in [1.82, 2.24) is 0 Å². The molecule has 50 heavy (non-hydrogen) atoms. The van der Waals surface area contributed by atoms with Gasteiger partial charge in [0.15, 0.2) is 0 Å². The normalized spacial score (nSPS) is 12.7. The Balaban J connectivity index is 1.63. The molecule has 0 aromatic heterocycles. The summed E-state index contributed by atoms with van der Waals surface area (Å²) in [5.74, 6) is -21.9. The lowest BCUT2D eigenvalue weighted by atomic mass is 9.96. The fourth-order valence-corrected chi connectivity index (χ4v) is 4.37. The Labute approximate surface area is 265 Å². The average Bonchev–Trinajstić information content (AvgIpc) is 2.88. The smallest absolute Gasteiger partial charge is 0.429 e. The molecule has 0 saturated carbocycles. The standard InChI is InChI=1S/C30H10F18O2/c1-10(11-2-15(31)25(16(32)3-11)29(45,46)49-13-6-19(35)23(20(36)7-13)27(39,40)41)12-4-17(33)26(18(34)5-12)30(47,48)50-14-8-21(37)24(22(38)9-14)28(42,43)44/h2-9H,1H2. The van der Waals surface area contributed by atoms with E-state index in [1.165, 1.54) is 0 Å². The molecule has 0 radical (unpaired) electrons. The largest absolute Gasteiger partial charge is 0.432 e. The Morgan fingerprint density at radius 3 is 0.820 bits per heavy atom. The van der Waals surface area contributed by atoms with Crippen LogP contribution in [0, 0.1) is 46.5 Å². The van der Waals surface area contributed by atoms with E-state index in [9.17, 15) is 79.0 Å². The maximum Gasteiger partial charge on any atom is 0.432 e. The van der Waals surface area contributed by atoms with Crippen LogP contribution in [0.3, 0.4) is 0 Å². The molecular weight excluding hydrogens is 734 g/mol. The number of rotatable bonds is 8. The Morgan fingerprint density at radius 1 is 0.380 bits per heavy atom. The van der Waals surface area contributed by atoms with Gasteiger partial charge in [0.1, 0.15) is 80.3 Å². The van der Waals surface area contributed by atoms with E-state index < -0.39 is 122 Å². The van der Waals surface area contributed by atoms with Crippen molar-refractivity contribution in [3.8, 4) is 11.5 Å². The maximum absolute atomic E-state index is 14.8. The third kappa shape index (κ3) is 7.42. The van der Waals surface area contributed by atoms with Gasteiger partial charge in [0, 0.05) is 24.3 Å². The first-order chi connectivity index (χ1) is 22.7. The van der Waals surface area contributed by atoms with E-state index in [1.807, 2.05) is 0 Å². The van der Waals surface area contributed by atoms with Crippen LogP contribution in [0.25, 0.3) is 5.57 Å². The highest BCUT2D eigenvalue weighted by atomic mass is 19.4. The Hall–Kier alpha value is -5.04. The summed E-state index contributed by atoms with van der Waals surface area (Å²) in [7, 11) is 0. The zero-order chi connectivity index (χ0) is 37.9. The minimum absolute atomic E-state index is 0.0427. The number of benzene rings is 4. The van der Waals surface area contributed by atoms with Gasteiger partial charge in [0.05, 0.1) is 0 Å². The van der Waals surface area contributed by atoms with Crippen molar-refractivity contribution >= 4 is 5.57 Å². The molecular formula is C30H10F18O2. The van der Waals surface area contributed by atoms with Crippen LogP contribution in [-0.2, 0) is 24.6 Å². The van der Waals surface area contributed by atoms with E-state index in [0.29, 0.717) is 0 Å². The lowest BCUT2D eigenvalue weighted by Gasteiger charge is -2.21. The topological polar surface area (TPSA) is 18.5 Å². The summed E-state index contributed by atoms with van der Waals surface area (Å²) in [4.78, 5) is 0. The molecule has 4 aromatic carbocycles. The summed E-state index contributed by atoms with van der Waals surface area (Å²) >= 11 is 0. The Morgan fingerprint density at radius 2 is 0.600 bits per heavy atom. The zero-order valence-corrected chi connectivity index (χ0v) is 23.4. The summed E-state index contributed by atoms with van der Waals surface area (Å²) in [6.45, 7) is 3.22. The van der Waals surface area contributed by atoms with Gasteiger partial charge in [0.2, 0.25) is 0 Å². The molecule has 0 N–H and O–H groups in total. The minimum Gasteiger partial charge on any atom is -0.429 e. The van der Waals surface area contributed by atoms with Gasteiger partial charge >= 0.3 is 24.6 Å². The van der Waals surface area contributed by atoms with E-state index in [0.717, 1.165) is 0 Å². The van der Waals surface area contributed by atoms with Crippen molar-refractivity contribution in [2.45, 2.75) is 24.6 Å². The van der Waals surface area contributed by atoms with Gasteiger partial charge in [-0.25, -0.2) is 35.1 Å². The van der Waals surface area contributed by atoms with Crippen LogP contribution >= 0.6 is 0 Å². The maximum atomic E-state index is 14.8. The molecule has 20 heteroatoms. The predicted molar refractivity (Wildman–Crippen MR) is 133 cm³/mol. The van der Waals surface area contributed by atoms with Crippen molar-refractivity contribution in [2.75, 3.05) is 0 Å². The van der Waals surface area contributed by atoms with Crippen molar-refractivity contribution in [3.63, 3.8) is 0 Å². The monoisotopic (exact) mass is 744 g/mol. The molecule has 4 rings (SSSR count). The Bertz CT molecular complexity index is 1760. The highest BCUT2D eigenvalue weighted by Crippen LogP contribution is 2.42. The predicted octanol–water partition coefficient (Wildman–Crippen LogP) is 11.2. The molecule has 2 nitrogen and oxygen atoms in total. The van der Waals surface area contributed by atoms with Crippen molar-refractivity contribution in [3.05, 3.63) is 135 Å². The summed E-state index contributed by atoms with van der Waals surface area (Å²) in [5, 5.41) is 0. The molecule has 0 saturated heterocycles. The average molecular weight is 744 g/mol. The van der Waals surface area contributed by atoms with Crippen LogP contribution in [-0.4, -0.2) is 0 Å². The molecule has 0 spiro atoms. The highest BCUT2D eigenvalue weighted by Gasteiger charge is 2.45. The number of hydrogen-bond donors (Lipinski definition) is 0. The molecule has 0 aliphatic heterocycles. The summed E-state index contributed by atoms with van der Waals surface area (Å²) < 4.78 is 257. The SMILES string of the molecule is C=C(c1cc(F)c(C(F)(F)Oc2cc(F)c(C(F)(F)F)c(F)c2)c(F)c1)c1cc(F)c(C(F)(F)Oc2cc(F)c(C(F)(F)F)c(F)c2)c(F)c1. The van der Waals surface area contributed by atoms with Crippen molar-refractivity contribution < 1.29 is 88.5 Å². The van der Waals surface area contributed by atoms with Gasteiger partial charge < -0.3 is 9.47 Å². The third-order valence-corrected chi connectivity index (χ3v) is 6.45. The van der Waals surface area contributed by atoms with E-state index in [-0.39, 0.29) is 48.5 Å². The molecule has 0 fully saturated rings. The molecule has 0 bridgehead atoms. The Kier molecular flexibility index (Phi) is 9.59. The van der Waals surface area contributed by atoms with E-state index in [4.69, 9.17) is 0 Å². The van der Waals surface area contributed by atoms with Crippen LogP contribution in [0.4, 0.5) is 79.0 Å². The first kappa shape index (κ1) is 37.8. The van der Waals surface area contributed by atoms with Crippen molar-refractivity contribution in [1.29, 1.82) is 0 Å². The molecule has 0 amide bonds. The second-order valence-electron chi connectivity index (χ2n) is 9.87. The number of ether oxygens (including phenoxy) is 2. The van der Waals surface area contributed by atoms with Gasteiger partial charge in [-0.3, -0.25) is 0 Å². The van der Waals surface area contributed by atoms with E-state index in [2.05, 4.69) is 16.1 Å². The number of hydrogen-bond acceptors (Lipinski definition) is 2. The second kappa shape index (κ2) is 12.7. The van der Waals surface area contributed by atoms with Crippen LogP contribution in [0.1, 0.15) is 33.4 Å². The molecule has 0 unspecified atom stereocenters. The molecule has 0 atom stereocenters. The van der Waals surface area contributed by atoms with Gasteiger partial charge in [-0.05, 0) is 41.0 Å². The molecule has 0 aliphatic carbocycles. The fraction of sp³-hybridized carbons (Fsp3) is 0.133. The van der Waals surface area contributed by atoms with Crippen LogP contribution in [0.15, 0.2) is 55.1 Å². The van der Waals surface area contributed by atoms with Gasteiger partial charge in [-0.1, -0.05) is 6.58 Å².